The fourth-order valence-electron chi connectivity index (χ4n) is 2.34. The molecule has 0 radical (unpaired) electrons. The van der Waals surface area contributed by atoms with E-state index < -0.39 is 0 Å². The molecule has 2 aromatic carbocycles. The van der Waals surface area contributed by atoms with Gasteiger partial charge < -0.3 is 4.90 Å². The number of fused-ring (bicyclic) bond motifs is 1. The van der Waals surface area contributed by atoms with Crippen LogP contribution in [-0.4, -0.2) is 12.8 Å². The number of para-hydroxylation sites is 1. The van der Waals surface area contributed by atoms with Gasteiger partial charge in [0.25, 0.3) is 0 Å². The zero-order valence-corrected chi connectivity index (χ0v) is 11.3. The molecule has 20 heavy (non-hydrogen) atoms. The molecule has 0 atom stereocenters. The molecule has 0 aromatic heterocycles. The molecule has 0 fully saturated rings. The number of hydrogen-bond acceptors (Lipinski definition) is 2. The van der Waals surface area contributed by atoms with E-state index in [0.29, 0.717) is 5.56 Å². The predicted molar refractivity (Wildman–Crippen MR) is 82.7 cm³/mol. The molecule has 1 aliphatic rings. The Morgan fingerprint density at radius 1 is 1.00 bits per heavy atom. The van der Waals surface area contributed by atoms with Gasteiger partial charge in [-0.25, -0.2) is 0 Å². The van der Waals surface area contributed by atoms with Gasteiger partial charge in [0.2, 0.25) is 0 Å². The van der Waals surface area contributed by atoms with Crippen LogP contribution in [0.15, 0.2) is 72.9 Å². The molecule has 0 bridgehead atoms. The van der Waals surface area contributed by atoms with Crippen LogP contribution in [0.2, 0.25) is 0 Å². The summed E-state index contributed by atoms with van der Waals surface area (Å²) in [6.07, 6.45) is 5.66. The average molecular weight is 261 g/mol. The number of anilines is 1. The van der Waals surface area contributed by atoms with E-state index >= 15 is 0 Å². The monoisotopic (exact) mass is 261 g/mol. The molecular formula is C18H15NO. The summed E-state index contributed by atoms with van der Waals surface area (Å²) in [7, 11) is 2.01. The second-order valence-electron chi connectivity index (χ2n) is 4.77. The van der Waals surface area contributed by atoms with Gasteiger partial charge in [-0.05, 0) is 23.8 Å². The van der Waals surface area contributed by atoms with Crippen LogP contribution in [0.4, 0.5) is 5.69 Å². The van der Waals surface area contributed by atoms with E-state index in [2.05, 4.69) is 11.0 Å². The van der Waals surface area contributed by atoms with Crippen molar-refractivity contribution in [3.63, 3.8) is 0 Å². The Kier molecular flexibility index (Phi) is 3.21. The van der Waals surface area contributed by atoms with Gasteiger partial charge in [0.15, 0.2) is 5.78 Å². The number of rotatable bonds is 2. The Labute approximate surface area is 118 Å². The highest BCUT2D eigenvalue weighted by Gasteiger charge is 2.14. The van der Waals surface area contributed by atoms with Crippen LogP contribution in [0.1, 0.15) is 15.9 Å². The van der Waals surface area contributed by atoms with Crippen LogP contribution in [0.3, 0.4) is 0 Å². The first-order valence-electron chi connectivity index (χ1n) is 6.57. The van der Waals surface area contributed by atoms with Crippen molar-refractivity contribution in [2.75, 3.05) is 11.9 Å². The normalized spacial score (nSPS) is 15.2. The van der Waals surface area contributed by atoms with E-state index in [1.807, 2.05) is 67.9 Å². The summed E-state index contributed by atoms with van der Waals surface area (Å²) >= 11 is 0. The first kappa shape index (κ1) is 12.4. The number of hydrogen-bond donors (Lipinski definition) is 0. The average Bonchev–Trinajstić information content (AvgIpc) is 2.51. The van der Waals surface area contributed by atoms with Crippen molar-refractivity contribution in [3.8, 4) is 0 Å². The zero-order chi connectivity index (χ0) is 13.9. The number of allylic oxidation sites excluding steroid dienone is 3. The Hall–Kier alpha value is -2.61. The van der Waals surface area contributed by atoms with Crippen LogP contribution in [0.25, 0.3) is 5.57 Å². The Bertz CT molecular complexity index is 698. The van der Waals surface area contributed by atoms with E-state index in [4.69, 9.17) is 0 Å². The Morgan fingerprint density at radius 2 is 1.70 bits per heavy atom. The number of benzene rings is 2. The maximum atomic E-state index is 12.3. The summed E-state index contributed by atoms with van der Waals surface area (Å²) in [5, 5.41) is 0. The second kappa shape index (κ2) is 5.17. The van der Waals surface area contributed by atoms with Crippen LogP contribution in [0, 0.1) is 0 Å². The van der Waals surface area contributed by atoms with Crippen molar-refractivity contribution in [1.82, 2.24) is 0 Å². The highest BCUT2D eigenvalue weighted by Crippen LogP contribution is 2.31. The van der Waals surface area contributed by atoms with Gasteiger partial charge in [-0.3, -0.25) is 4.79 Å². The van der Waals surface area contributed by atoms with Gasteiger partial charge >= 0.3 is 0 Å². The quantitative estimate of drug-likeness (QED) is 0.603. The van der Waals surface area contributed by atoms with E-state index in [9.17, 15) is 4.79 Å². The Morgan fingerprint density at radius 3 is 2.50 bits per heavy atom. The topological polar surface area (TPSA) is 20.3 Å². The van der Waals surface area contributed by atoms with E-state index in [1.54, 1.807) is 6.08 Å². The number of nitrogens with zero attached hydrogens (tertiary/aromatic N) is 1. The third-order valence-corrected chi connectivity index (χ3v) is 3.42. The predicted octanol–water partition coefficient (Wildman–Crippen LogP) is 3.92. The maximum Gasteiger partial charge on any atom is 0.186 e. The summed E-state index contributed by atoms with van der Waals surface area (Å²) in [4.78, 5) is 14.3. The van der Waals surface area contributed by atoms with Crippen molar-refractivity contribution in [3.05, 3.63) is 84.1 Å². The summed E-state index contributed by atoms with van der Waals surface area (Å²) in [5.74, 6) is 0.0320. The largest absolute Gasteiger partial charge is 0.351 e. The minimum atomic E-state index is 0.0320. The maximum absolute atomic E-state index is 12.3. The minimum absolute atomic E-state index is 0.0320. The fraction of sp³-hybridized carbons (Fsp3) is 0.0556. The number of carbonyl (C=O) groups excluding carboxylic acids is 1. The molecule has 0 saturated heterocycles. The van der Waals surface area contributed by atoms with Crippen molar-refractivity contribution >= 4 is 17.0 Å². The molecule has 0 spiro atoms. The van der Waals surface area contributed by atoms with Crippen LogP contribution in [0.5, 0.6) is 0 Å². The van der Waals surface area contributed by atoms with Crippen LogP contribution in [-0.2, 0) is 0 Å². The van der Waals surface area contributed by atoms with Gasteiger partial charge in [0.1, 0.15) is 0 Å². The van der Waals surface area contributed by atoms with Crippen LogP contribution < -0.4 is 4.90 Å². The Balaban J connectivity index is 2.01. The van der Waals surface area contributed by atoms with E-state index in [-0.39, 0.29) is 5.78 Å². The third kappa shape index (κ3) is 2.28. The zero-order valence-electron chi connectivity index (χ0n) is 11.3. The summed E-state index contributed by atoms with van der Waals surface area (Å²) in [5.41, 5.74) is 3.86. The third-order valence-electron chi connectivity index (χ3n) is 3.42. The lowest BCUT2D eigenvalue weighted by molar-refractivity contribution is 0.104. The summed E-state index contributed by atoms with van der Waals surface area (Å²) in [6.45, 7) is 0. The molecule has 0 unspecified atom stereocenters. The molecule has 1 aliphatic heterocycles. The molecule has 1 heterocycles. The standard InChI is InChI=1S/C18H15NO/c1-19-12-11-15(16-9-5-6-10-17(16)19)13-18(20)14-7-3-2-4-8-14/h2-13H,1H3/b15-13+. The minimum Gasteiger partial charge on any atom is -0.351 e. The van der Waals surface area contributed by atoms with Gasteiger partial charge in [-0.2, -0.15) is 0 Å². The summed E-state index contributed by atoms with van der Waals surface area (Å²) < 4.78 is 0. The van der Waals surface area contributed by atoms with Gasteiger partial charge in [0, 0.05) is 30.1 Å². The molecule has 0 aliphatic carbocycles. The molecule has 0 N–H and O–H groups in total. The lowest BCUT2D eigenvalue weighted by Gasteiger charge is -2.23. The van der Waals surface area contributed by atoms with Crippen LogP contribution >= 0.6 is 0 Å². The van der Waals surface area contributed by atoms with Crippen molar-refractivity contribution in [1.29, 1.82) is 0 Å². The molecule has 0 saturated carbocycles. The molecule has 0 amide bonds. The molecule has 3 rings (SSSR count). The lowest BCUT2D eigenvalue weighted by Crippen LogP contribution is -2.13. The van der Waals surface area contributed by atoms with Crippen molar-refractivity contribution in [2.45, 2.75) is 0 Å². The van der Waals surface area contributed by atoms with E-state index in [1.165, 1.54) is 0 Å². The smallest absolute Gasteiger partial charge is 0.186 e. The van der Waals surface area contributed by atoms with Gasteiger partial charge in [-0.1, -0.05) is 48.5 Å². The van der Waals surface area contributed by atoms with Crippen molar-refractivity contribution in [2.24, 2.45) is 0 Å². The molecule has 2 nitrogen and oxygen atoms in total. The first-order valence-corrected chi connectivity index (χ1v) is 6.57. The highest BCUT2D eigenvalue weighted by molar-refractivity contribution is 6.10. The lowest BCUT2D eigenvalue weighted by atomic mass is 9.98. The van der Waals surface area contributed by atoms with Crippen molar-refractivity contribution < 1.29 is 4.79 Å². The first-order chi connectivity index (χ1) is 9.75. The number of ketones is 1. The molecule has 98 valence electrons. The fourth-order valence-corrected chi connectivity index (χ4v) is 2.34. The molecular weight excluding hydrogens is 246 g/mol. The molecule has 2 heteroatoms. The van der Waals surface area contributed by atoms with Gasteiger partial charge in [-0.15, -0.1) is 0 Å². The SMILES string of the molecule is CN1C=C/C(=C\C(=O)c2ccccc2)c2ccccc21. The van der Waals surface area contributed by atoms with Gasteiger partial charge in [0.05, 0.1) is 0 Å². The molecule has 2 aromatic rings. The highest BCUT2D eigenvalue weighted by atomic mass is 16.1. The summed E-state index contributed by atoms with van der Waals surface area (Å²) in [6, 6.07) is 17.4. The number of carbonyl (C=O) groups is 1. The van der Waals surface area contributed by atoms with E-state index in [0.717, 1.165) is 16.8 Å². The second-order valence-corrected chi connectivity index (χ2v) is 4.77.